The molecular weight excluding hydrogens is 519 g/mol. The van der Waals surface area contributed by atoms with Crippen molar-refractivity contribution < 1.29 is 61.0 Å². The number of rotatable bonds is 9. The largest absolute Gasteiger partial charge is 0.490 e. The van der Waals surface area contributed by atoms with Gasteiger partial charge >= 0.3 is 23.5 Å². The molecular formula is C11H18N5O14P3. The summed E-state index contributed by atoms with van der Waals surface area (Å²) in [7, 11) is -15.4. The van der Waals surface area contributed by atoms with Crippen LogP contribution in [0, 0.1) is 0 Å². The van der Waals surface area contributed by atoms with E-state index >= 15 is 0 Å². The third kappa shape index (κ3) is 5.93. The molecule has 19 nitrogen and oxygen atoms in total. The number of anilines is 1. The lowest BCUT2D eigenvalue weighted by molar-refractivity contribution is -0.0508. The predicted octanol–water partition coefficient (Wildman–Crippen LogP) is -1.68. The predicted molar refractivity (Wildman–Crippen MR) is 103 cm³/mol. The number of nitrogen functional groups attached to an aromatic ring is 1. The number of phosphoric ester groups is 1. The lowest BCUT2D eigenvalue weighted by Crippen LogP contribution is -2.33. The Morgan fingerprint density at radius 1 is 1.21 bits per heavy atom. The van der Waals surface area contributed by atoms with Gasteiger partial charge in [-0.1, -0.05) is 0 Å². The second kappa shape index (κ2) is 9.24. The van der Waals surface area contributed by atoms with Gasteiger partial charge in [0.25, 0.3) is 5.56 Å². The van der Waals surface area contributed by atoms with Gasteiger partial charge in [-0.15, -0.1) is 0 Å². The first-order valence-electron chi connectivity index (χ1n) is 8.50. The van der Waals surface area contributed by atoms with Crippen molar-refractivity contribution in [3.05, 3.63) is 16.7 Å². The number of hydrogen-bond donors (Lipinski definition) is 7. The topological polar surface area (TPSA) is 288 Å². The number of aliphatic hydroxyl groups is 2. The standard InChI is InChI=1S/C11H18N5O14P3/c1-26-33(25,30-32(23,24)29-31(20,21)22)27-2-4-6(17)7(18)10(28-4)16-3-13-5-8(16)14-11(12)15-9(5)19/h3-4,6-7,10,17-18H,2H2,1H3,(H,23,24)(H2,20,21,22)(H3,12,14,15,19)/t4-,6-,7-,10-,33?/m1/s1. The Kier molecular flexibility index (Phi) is 7.29. The van der Waals surface area contributed by atoms with Crippen LogP contribution < -0.4 is 11.3 Å². The fourth-order valence-corrected chi connectivity index (χ4v) is 6.14. The smallest absolute Gasteiger partial charge is 0.387 e. The zero-order valence-electron chi connectivity index (χ0n) is 16.3. The summed E-state index contributed by atoms with van der Waals surface area (Å²) >= 11 is 0. The van der Waals surface area contributed by atoms with E-state index in [1.165, 1.54) is 0 Å². The summed E-state index contributed by atoms with van der Waals surface area (Å²) in [6.07, 6.45) is -5.08. The molecule has 3 heterocycles. The normalized spacial score (nSPS) is 27.5. The number of ether oxygens (including phenoxy) is 1. The molecule has 2 unspecified atom stereocenters. The Bertz CT molecular complexity index is 1230. The quantitative estimate of drug-likeness (QED) is 0.176. The van der Waals surface area contributed by atoms with Crippen molar-refractivity contribution in [2.24, 2.45) is 0 Å². The highest BCUT2D eigenvalue weighted by Gasteiger charge is 2.47. The molecule has 1 aliphatic rings. The van der Waals surface area contributed by atoms with Crippen LogP contribution in [0.1, 0.15) is 6.23 Å². The van der Waals surface area contributed by atoms with E-state index < -0.39 is 60.2 Å². The van der Waals surface area contributed by atoms with E-state index in [-0.39, 0.29) is 17.1 Å². The van der Waals surface area contributed by atoms with Crippen LogP contribution in [-0.4, -0.2) is 76.4 Å². The van der Waals surface area contributed by atoms with Crippen molar-refractivity contribution >= 4 is 40.6 Å². The fraction of sp³-hybridized carbons (Fsp3) is 0.545. The zero-order chi connectivity index (χ0) is 24.8. The molecule has 3 rings (SSSR count). The number of fused-ring (bicyclic) bond motifs is 1. The molecule has 0 radical (unpaired) electrons. The third-order valence-electron chi connectivity index (χ3n) is 4.10. The number of hydrogen-bond acceptors (Lipinski definition) is 14. The molecule has 8 N–H and O–H groups in total. The molecule has 1 fully saturated rings. The van der Waals surface area contributed by atoms with Gasteiger partial charge in [0.05, 0.1) is 12.9 Å². The SMILES string of the molecule is COP(=O)(OC[C@H]1O[C@@H](n2cnc3c(=O)[nH]c(N)nc32)[C@H](O)[C@@H]1O)OP(=O)(O)OP(=O)(O)O. The molecule has 22 heteroatoms. The minimum atomic E-state index is -5.62. The van der Waals surface area contributed by atoms with Crippen LogP contribution in [0.4, 0.5) is 5.95 Å². The Morgan fingerprint density at radius 3 is 2.48 bits per heavy atom. The Morgan fingerprint density at radius 2 is 1.88 bits per heavy atom. The molecule has 1 saturated heterocycles. The lowest BCUT2D eigenvalue weighted by Gasteiger charge is -2.21. The number of H-pyrrole nitrogens is 1. The first-order chi connectivity index (χ1) is 15.1. The van der Waals surface area contributed by atoms with E-state index in [0.29, 0.717) is 7.11 Å². The van der Waals surface area contributed by atoms with Crippen LogP contribution in [0.3, 0.4) is 0 Å². The van der Waals surface area contributed by atoms with Crippen LogP contribution in [0.15, 0.2) is 11.1 Å². The summed E-state index contributed by atoms with van der Waals surface area (Å²) < 4.78 is 58.0. The number of phosphoric acid groups is 3. The van der Waals surface area contributed by atoms with E-state index in [4.69, 9.17) is 24.8 Å². The van der Waals surface area contributed by atoms with Gasteiger partial charge in [0.15, 0.2) is 17.4 Å². The van der Waals surface area contributed by atoms with Gasteiger partial charge in [-0.3, -0.25) is 23.4 Å². The average Bonchev–Trinajstić information content (AvgIpc) is 3.20. The molecule has 0 aliphatic carbocycles. The van der Waals surface area contributed by atoms with Crippen molar-refractivity contribution in [3.8, 4) is 0 Å². The van der Waals surface area contributed by atoms with Gasteiger partial charge < -0.3 is 35.4 Å². The summed E-state index contributed by atoms with van der Waals surface area (Å²) in [5.41, 5.74) is 4.60. The maximum atomic E-state index is 12.4. The maximum Gasteiger partial charge on any atom is 0.490 e. The van der Waals surface area contributed by atoms with Gasteiger partial charge in [0.1, 0.15) is 18.3 Å². The van der Waals surface area contributed by atoms with Gasteiger partial charge in [-0.2, -0.15) is 13.6 Å². The first-order valence-corrected chi connectivity index (χ1v) is 13.0. The van der Waals surface area contributed by atoms with Gasteiger partial charge in [-0.05, 0) is 0 Å². The molecule has 0 spiro atoms. The third-order valence-corrected chi connectivity index (χ3v) is 8.31. The zero-order valence-corrected chi connectivity index (χ0v) is 18.9. The maximum absolute atomic E-state index is 12.4. The van der Waals surface area contributed by atoms with Crippen molar-refractivity contribution in [1.82, 2.24) is 19.5 Å². The second-order valence-electron chi connectivity index (χ2n) is 6.37. The molecule has 0 aromatic carbocycles. The van der Waals surface area contributed by atoms with Crippen LogP contribution in [0.2, 0.25) is 0 Å². The number of imidazole rings is 1. The van der Waals surface area contributed by atoms with Crippen molar-refractivity contribution in [1.29, 1.82) is 0 Å². The molecule has 33 heavy (non-hydrogen) atoms. The number of aromatic nitrogens is 4. The molecule has 0 saturated carbocycles. The molecule has 2 aromatic rings. The molecule has 1 aliphatic heterocycles. The summed E-state index contributed by atoms with van der Waals surface area (Å²) in [4.78, 5) is 48.4. The monoisotopic (exact) mass is 537 g/mol. The summed E-state index contributed by atoms with van der Waals surface area (Å²) in [6, 6.07) is 0. The van der Waals surface area contributed by atoms with Crippen molar-refractivity contribution in [2.45, 2.75) is 24.5 Å². The van der Waals surface area contributed by atoms with Crippen LogP contribution in [0.25, 0.3) is 11.2 Å². The minimum absolute atomic E-state index is 0.0873. The molecule has 6 atom stereocenters. The molecule has 0 bridgehead atoms. The fourth-order valence-electron chi connectivity index (χ4n) is 2.78. The number of aliphatic hydroxyl groups excluding tert-OH is 2. The van der Waals surface area contributed by atoms with E-state index in [1.807, 2.05) is 0 Å². The molecule has 0 amide bonds. The van der Waals surface area contributed by atoms with E-state index in [9.17, 15) is 33.6 Å². The van der Waals surface area contributed by atoms with Crippen molar-refractivity contribution in [2.75, 3.05) is 19.5 Å². The Balaban J connectivity index is 1.75. The summed E-state index contributed by atoms with van der Waals surface area (Å²) in [5.74, 6) is -0.258. The highest BCUT2D eigenvalue weighted by molar-refractivity contribution is 7.66. The van der Waals surface area contributed by atoms with Crippen LogP contribution in [0.5, 0.6) is 0 Å². The van der Waals surface area contributed by atoms with Gasteiger partial charge in [0, 0.05) is 7.11 Å². The number of nitrogens with zero attached hydrogens (tertiary/aromatic N) is 3. The minimum Gasteiger partial charge on any atom is -0.387 e. The number of nitrogens with two attached hydrogens (primary N) is 1. The van der Waals surface area contributed by atoms with Crippen LogP contribution >= 0.6 is 23.5 Å². The lowest BCUT2D eigenvalue weighted by atomic mass is 10.1. The number of nitrogens with one attached hydrogen (secondary N) is 1. The second-order valence-corrected chi connectivity index (χ2v) is 11.1. The average molecular weight is 537 g/mol. The van der Waals surface area contributed by atoms with Gasteiger partial charge in [-0.25, -0.2) is 18.7 Å². The highest BCUT2D eigenvalue weighted by atomic mass is 31.3. The summed E-state index contributed by atoms with van der Waals surface area (Å²) in [6.45, 7) is -0.876. The highest BCUT2D eigenvalue weighted by Crippen LogP contribution is 2.68. The van der Waals surface area contributed by atoms with Crippen LogP contribution in [-0.2, 0) is 36.1 Å². The van der Waals surface area contributed by atoms with Crippen molar-refractivity contribution in [3.63, 3.8) is 0 Å². The molecule has 186 valence electrons. The van der Waals surface area contributed by atoms with Gasteiger partial charge in [0.2, 0.25) is 5.95 Å². The van der Waals surface area contributed by atoms with E-state index in [0.717, 1.165) is 10.9 Å². The first kappa shape index (κ1) is 26.1. The number of aromatic amines is 1. The summed E-state index contributed by atoms with van der Waals surface area (Å²) in [5, 5.41) is 20.6. The van der Waals surface area contributed by atoms with E-state index in [1.54, 1.807) is 0 Å². The Labute approximate surface area is 182 Å². The Hall–Kier alpha value is -1.56. The molecule has 2 aromatic heterocycles. The van der Waals surface area contributed by atoms with E-state index in [2.05, 4.69) is 28.1 Å².